The van der Waals surface area contributed by atoms with E-state index in [-0.39, 0.29) is 31.6 Å². The van der Waals surface area contributed by atoms with Gasteiger partial charge in [-0.3, -0.25) is 14.4 Å². The number of allylic oxidation sites excluding steroid dienone is 13. The number of hydrogen-bond acceptors (Lipinski definition) is 6. The summed E-state index contributed by atoms with van der Waals surface area (Å²) in [5, 5.41) is 0. The summed E-state index contributed by atoms with van der Waals surface area (Å²) in [6, 6.07) is 0. The molecule has 1 unspecified atom stereocenters. The van der Waals surface area contributed by atoms with Gasteiger partial charge >= 0.3 is 17.9 Å². The predicted molar refractivity (Wildman–Crippen MR) is 247 cm³/mol. The van der Waals surface area contributed by atoms with Crippen LogP contribution in [0.25, 0.3) is 0 Å². The van der Waals surface area contributed by atoms with Crippen LogP contribution < -0.4 is 0 Å². The molecule has 0 aromatic carbocycles. The maximum atomic E-state index is 12.7. The second-order valence-electron chi connectivity index (χ2n) is 15.3. The zero-order valence-corrected chi connectivity index (χ0v) is 37.5. The van der Waals surface area contributed by atoms with Gasteiger partial charge in [0.2, 0.25) is 0 Å². The third-order valence-electron chi connectivity index (χ3n) is 9.67. The third-order valence-corrected chi connectivity index (χ3v) is 9.67. The Morgan fingerprint density at radius 1 is 0.379 bits per heavy atom. The summed E-state index contributed by atoms with van der Waals surface area (Å²) < 4.78 is 16.6. The molecule has 0 bridgehead atoms. The Bertz CT molecular complexity index is 1160. The lowest BCUT2D eigenvalue weighted by Crippen LogP contribution is -2.30. The maximum absolute atomic E-state index is 12.7. The van der Waals surface area contributed by atoms with Crippen molar-refractivity contribution < 1.29 is 28.6 Å². The lowest BCUT2D eigenvalue weighted by Gasteiger charge is -2.18. The number of rotatable bonds is 41. The molecule has 0 saturated heterocycles. The highest BCUT2D eigenvalue weighted by atomic mass is 16.6. The molecule has 0 aliphatic carbocycles. The molecule has 0 fully saturated rings. The minimum atomic E-state index is -0.820. The lowest BCUT2D eigenvalue weighted by molar-refractivity contribution is -0.166. The second-order valence-corrected chi connectivity index (χ2v) is 15.3. The molecule has 0 N–H and O–H groups in total. The molecule has 0 aromatic heterocycles. The van der Waals surface area contributed by atoms with Crippen LogP contribution in [-0.4, -0.2) is 37.2 Å². The number of esters is 3. The standard InChI is InChI=1S/C52H86O6/c1-4-7-10-13-16-19-22-24-26-28-30-33-36-39-42-45-51(54)57-48-49(47-56-50(53)44-41-38-35-32-21-18-15-12-9-6-3)58-52(55)46-43-40-37-34-31-29-27-25-23-20-17-14-11-8-5-2/h7,10,16-17,19-20,24-27,30,33,39,42,49H,4-6,8-9,11-15,18,21-23,28-29,31-32,34-38,40-41,43-48H2,1-3H3/b10-7-,19-16-,20-17-,26-24-,27-25-,33-30-,42-39-. The van der Waals surface area contributed by atoms with Crippen molar-refractivity contribution in [3.8, 4) is 0 Å². The molecule has 0 aromatic rings. The van der Waals surface area contributed by atoms with Gasteiger partial charge in [-0.1, -0.05) is 196 Å². The van der Waals surface area contributed by atoms with Crippen molar-refractivity contribution in [2.24, 2.45) is 0 Å². The van der Waals surface area contributed by atoms with E-state index in [1.165, 1.54) is 70.6 Å². The monoisotopic (exact) mass is 807 g/mol. The fraction of sp³-hybridized carbons (Fsp3) is 0.673. The van der Waals surface area contributed by atoms with E-state index in [1.54, 1.807) is 6.08 Å². The Morgan fingerprint density at radius 2 is 0.741 bits per heavy atom. The normalized spacial score (nSPS) is 12.8. The number of carbonyl (C=O) groups is 3. The molecule has 0 aliphatic heterocycles. The molecule has 0 heterocycles. The van der Waals surface area contributed by atoms with Crippen LogP contribution in [0.4, 0.5) is 0 Å². The van der Waals surface area contributed by atoms with Gasteiger partial charge in [0, 0.05) is 12.8 Å². The van der Waals surface area contributed by atoms with Gasteiger partial charge in [-0.25, -0.2) is 0 Å². The SMILES string of the molecule is CC/C=C\C/C=C\C/C=C\C/C=C\C/C=C\CC(=O)OCC(COC(=O)CCCCCCCCCCCC)OC(=O)CCCCCCC/C=C\C/C=C\CCCCC. The van der Waals surface area contributed by atoms with Crippen molar-refractivity contribution in [2.45, 2.75) is 213 Å². The number of unbranched alkanes of at least 4 members (excludes halogenated alkanes) is 17. The summed E-state index contributed by atoms with van der Waals surface area (Å²) in [6.07, 6.45) is 58.7. The molecule has 0 spiro atoms. The van der Waals surface area contributed by atoms with Gasteiger partial charge in [0.15, 0.2) is 6.10 Å². The van der Waals surface area contributed by atoms with Crippen molar-refractivity contribution in [3.63, 3.8) is 0 Å². The smallest absolute Gasteiger partial charge is 0.309 e. The van der Waals surface area contributed by atoms with E-state index in [4.69, 9.17) is 14.2 Å². The predicted octanol–water partition coefficient (Wildman–Crippen LogP) is 15.3. The van der Waals surface area contributed by atoms with Crippen LogP contribution in [0.3, 0.4) is 0 Å². The van der Waals surface area contributed by atoms with Gasteiger partial charge in [-0.05, 0) is 77.0 Å². The molecule has 0 aliphatic rings. The molecular weight excluding hydrogens is 721 g/mol. The Balaban J connectivity index is 4.53. The molecule has 0 radical (unpaired) electrons. The average molecular weight is 807 g/mol. The molecule has 6 heteroatoms. The molecule has 0 saturated carbocycles. The molecule has 0 amide bonds. The van der Waals surface area contributed by atoms with Crippen LogP contribution in [-0.2, 0) is 28.6 Å². The first-order valence-electron chi connectivity index (χ1n) is 23.6. The highest BCUT2D eigenvalue weighted by Crippen LogP contribution is 2.13. The summed E-state index contributed by atoms with van der Waals surface area (Å²) >= 11 is 0. The molecular formula is C52H86O6. The first kappa shape index (κ1) is 54.6. The summed E-state index contributed by atoms with van der Waals surface area (Å²) in [7, 11) is 0. The molecule has 330 valence electrons. The van der Waals surface area contributed by atoms with Crippen LogP contribution >= 0.6 is 0 Å². The third kappa shape index (κ3) is 43.7. The van der Waals surface area contributed by atoms with Crippen LogP contribution in [0.1, 0.15) is 207 Å². The van der Waals surface area contributed by atoms with Crippen molar-refractivity contribution in [1.29, 1.82) is 0 Å². The number of ether oxygens (including phenoxy) is 3. The first-order chi connectivity index (χ1) is 28.5. The second kappa shape index (κ2) is 46.3. The topological polar surface area (TPSA) is 78.9 Å². The van der Waals surface area contributed by atoms with E-state index in [0.717, 1.165) is 96.3 Å². The fourth-order valence-electron chi connectivity index (χ4n) is 6.13. The van der Waals surface area contributed by atoms with Gasteiger partial charge in [-0.2, -0.15) is 0 Å². The van der Waals surface area contributed by atoms with E-state index in [2.05, 4.69) is 93.7 Å². The van der Waals surface area contributed by atoms with Crippen LogP contribution in [0.2, 0.25) is 0 Å². The summed E-state index contributed by atoms with van der Waals surface area (Å²) in [5.41, 5.74) is 0. The van der Waals surface area contributed by atoms with E-state index >= 15 is 0 Å². The van der Waals surface area contributed by atoms with Gasteiger partial charge in [0.1, 0.15) is 13.2 Å². The summed E-state index contributed by atoms with van der Waals surface area (Å²) in [6.45, 7) is 6.36. The fourth-order valence-corrected chi connectivity index (χ4v) is 6.13. The van der Waals surface area contributed by atoms with Gasteiger partial charge in [-0.15, -0.1) is 0 Å². The Morgan fingerprint density at radius 3 is 1.24 bits per heavy atom. The number of hydrogen-bond donors (Lipinski definition) is 0. The molecule has 58 heavy (non-hydrogen) atoms. The molecule has 1 atom stereocenters. The largest absolute Gasteiger partial charge is 0.462 e. The zero-order chi connectivity index (χ0) is 42.3. The summed E-state index contributed by atoms with van der Waals surface area (Å²) in [4.78, 5) is 37.7. The van der Waals surface area contributed by atoms with Gasteiger partial charge in [0.05, 0.1) is 6.42 Å². The summed E-state index contributed by atoms with van der Waals surface area (Å²) in [5.74, 6) is -1.07. The van der Waals surface area contributed by atoms with Crippen LogP contribution in [0.5, 0.6) is 0 Å². The van der Waals surface area contributed by atoms with Crippen molar-refractivity contribution in [2.75, 3.05) is 13.2 Å². The zero-order valence-electron chi connectivity index (χ0n) is 37.5. The van der Waals surface area contributed by atoms with Gasteiger partial charge < -0.3 is 14.2 Å². The van der Waals surface area contributed by atoms with Crippen molar-refractivity contribution in [1.82, 2.24) is 0 Å². The van der Waals surface area contributed by atoms with Gasteiger partial charge in [0.25, 0.3) is 0 Å². The average Bonchev–Trinajstić information content (AvgIpc) is 3.22. The minimum Gasteiger partial charge on any atom is -0.462 e. The highest BCUT2D eigenvalue weighted by Gasteiger charge is 2.19. The quantitative estimate of drug-likeness (QED) is 0.0265. The molecule has 0 rings (SSSR count). The Hall–Kier alpha value is -3.41. The van der Waals surface area contributed by atoms with E-state index in [0.29, 0.717) is 12.8 Å². The van der Waals surface area contributed by atoms with E-state index in [9.17, 15) is 14.4 Å². The van der Waals surface area contributed by atoms with Crippen molar-refractivity contribution >= 4 is 17.9 Å². The molecule has 6 nitrogen and oxygen atoms in total. The van der Waals surface area contributed by atoms with Crippen molar-refractivity contribution in [3.05, 3.63) is 85.1 Å². The van der Waals surface area contributed by atoms with Crippen LogP contribution in [0, 0.1) is 0 Å². The van der Waals surface area contributed by atoms with E-state index in [1.807, 2.05) is 6.08 Å². The minimum absolute atomic E-state index is 0.112. The Labute approximate surface area is 356 Å². The lowest BCUT2D eigenvalue weighted by atomic mass is 10.1. The first-order valence-corrected chi connectivity index (χ1v) is 23.6. The van der Waals surface area contributed by atoms with Crippen LogP contribution in [0.15, 0.2) is 85.1 Å². The Kier molecular flexibility index (Phi) is 43.6. The highest BCUT2D eigenvalue weighted by molar-refractivity contribution is 5.72. The van der Waals surface area contributed by atoms with E-state index < -0.39 is 12.1 Å². The maximum Gasteiger partial charge on any atom is 0.309 e. The number of carbonyl (C=O) groups excluding carboxylic acids is 3.